The summed E-state index contributed by atoms with van der Waals surface area (Å²) in [6.07, 6.45) is 1.53. The number of aryl methyl sites for hydroxylation is 1. The Labute approximate surface area is 125 Å². The molecule has 0 fully saturated rings. The summed E-state index contributed by atoms with van der Waals surface area (Å²) in [7, 11) is 0. The number of nitrogens with two attached hydrogens (primary N) is 1. The van der Waals surface area contributed by atoms with Crippen molar-refractivity contribution in [1.29, 1.82) is 0 Å². The van der Waals surface area contributed by atoms with Gasteiger partial charge in [0, 0.05) is 12.1 Å². The number of hydrogen-bond donors (Lipinski definition) is 1. The minimum atomic E-state index is -0.282. The molecule has 1 atom stereocenters. The Morgan fingerprint density at radius 3 is 2.67 bits per heavy atom. The summed E-state index contributed by atoms with van der Waals surface area (Å²) >= 11 is 0. The monoisotopic (exact) mass is 287 g/mol. The van der Waals surface area contributed by atoms with Crippen molar-refractivity contribution in [1.82, 2.24) is 0 Å². The number of benzene rings is 2. The van der Waals surface area contributed by atoms with Crippen LogP contribution in [0.25, 0.3) is 0 Å². The summed E-state index contributed by atoms with van der Waals surface area (Å²) in [5, 5.41) is 0. The standard InChI is InChI=1S/C18H22FNO/c1-3-17(20)9-15-8-16(19)11-18(10-15)21-12-14-6-4-5-13(2)7-14/h4-8,10-11,17H,3,9,12,20H2,1-2H3. The molecule has 21 heavy (non-hydrogen) atoms. The molecule has 2 aromatic rings. The lowest BCUT2D eigenvalue weighted by atomic mass is 10.0. The summed E-state index contributed by atoms with van der Waals surface area (Å²) in [6.45, 7) is 4.50. The first-order valence-corrected chi connectivity index (χ1v) is 7.30. The predicted octanol–water partition coefficient (Wildman–Crippen LogP) is 3.99. The second-order valence-corrected chi connectivity index (χ2v) is 5.45. The van der Waals surface area contributed by atoms with Crippen molar-refractivity contribution in [2.45, 2.75) is 39.3 Å². The van der Waals surface area contributed by atoms with Gasteiger partial charge in [0.2, 0.25) is 0 Å². The molecule has 0 radical (unpaired) electrons. The van der Waals surface area contributed by atoms with E-state index in [2.05, 4.69) is 6.07 Å². The van der Waals surface area contributed by atoms with Gasteiger partial charge in [0.1, 0.15) is 18.2 Å². The van der Waals surface area contributed by atoms with Gasteiger partial charge in [-0.25, -0.2) is 4.39 Å². The molecule has 0 saturated carbocycles. The van der Waals surface area contributed by atoms with Gasteiger partial charge in [0.05, 0.1) is 0 Å². The lowest BCUT2D eigenvalue weighted by molar-refractivity contribution is 0.304. The molecule has 0 amide bonds. The third-order valence-corrected chi connectivity index (χ3v) is 3.44. The summed E-state index contributed by atoms with van der Waals surface area (Å²) in [5.74, 6) is 0.268. The number of rotatable bonds is 6. The van der Waals surface area contributed by atoms with Crippen molar-refractivity contribution in [3.8, 4) is 5.75 Å². The van der Waals surface area contributed by atoms with Crippen molar-refractivity contribution < 1.29 is 9.13 Å². The Hall–Kier alpha value is -1.87. The fraction of sp³-hybridized carbons (Fsp3) is 0.333. The van der Waals surface area contributed by atoms with Crippen LogP contribution in [0.3, 0.4) is 0 Å². The molecule has 0 aliphatic carbocycles. The first kappa shape index (κ1) is 15.5. The van der Waals surface area contributed by atoms with E-state index in [0.29, 0.717) is 18.8 Å². The topological polar surface area (TPSA) is 35.2 Å². The largest absolute Gasteiger partial charge is 0.489 e. The van der Waals surface area contributed by atoms with E-state index in [-0.39, 0.29) is 11.9 Å². The normalized spacial score (nSPS) is 12.2. The van der Waals surface area contributed by atoms with Gasteiger partial charge < -0.3 is 10.5 Å². The van der Waals surface area contributed by atoms with E-state index >= 15 is 0 Å². The summed E-state index contributed by atoms with van der Waals surface area (Å²) in [6, 6.07) is 12.9. The zero-order valence-corrected chi connectivity index (χ0v) is 12.6. The molecule has 0 spiro atoms. The molecular formula is C18H22FNO. The molecule has 2 rings (SSSR count). The molecule has 1 unspecified atom stereocenters. The Balaban J connectivity index is 2.06. The average molecular weight is 287 g/mol. The van der Waals surface area contributed by atoms with Gasteiger partial charge in [-0.05, 0) is 43.0 Å². The zero-order chi connectivity index (χ0) is 15.2. The molecule has 2 N–H and O–H groups in total. The molecule has 0 aromatic heterocycles. The van der Waals surface area contributed by atoms with Crippen LogP contribution in [0.1, 0.15) is 30.0 Å². The van der Waals surface area contributed by atoms with Crippen molar-refractivity contribution in [3.05, 3.63) is 65.0 Å². The van der Waals surface area contributed by atoms with Gasteiger partial charge in [-0.1, -0.05) is 36.8 Å². The Bertz CT molecular complexity index is 598. The fourth-order valence-corrected chi connectivity index (χ4v) is 2.24. The van der Waals surface area contributed by atoms with Crippen LogP contribution >= 0.6 is 0 Å². The van der Waals surface area contributed by atoms with Gasteiger partial charge in [0.15, 0.2) is 0 Å². The summed E-state index contributed by atoms with van der Waals surface area (Å²) in [5.41, 5.74) is 9.06. The molecule has 0 heterocycles. The number of hydrogen-bond acceptors (Lipinski definition) is 2. The fourth-order valence-electron chi connectivity index (χ4n) is 2.24. The molecule has 112 valence electrons. The van der Waals surface area contributed by atoms with Crippen LogP contribution in [-0.4, -0.2) is 6.04 Å². The smallest absolute Gasteiger partial charge is 0.127 e. The highest BCUT2D eigenvalue weighted by atomic mass is 19.1. The van der Waals surface area contributed by atoms with E-state index in [1.54, 1.807) is 0 Å². The molecular weight excluding hydrogens is 265 g/mol. The van der Waals surface area contributed by atoms with Gasteiger partial charge in [-0.3, -0.25) is 0 Å². The van der Waals surface area contributed by atoms with E-state index in [1.165, 1.54) is 17.7 Å². The Kier molecular flexibility index (Phi) is 5.34. The SMILES string of the molecule is CCC(N)Cc1cc(F)cc(OCc2cccc(C)c2)c1. The van der Waals surface area contributed by atoms with Gasteiger partial charge in [-0.15, -0.1) is 0 Å². The van der Waals surface area contributed by atoms with Crippen molar-refractivity contribution in [2.75, 3.05) is 0 Å². The molecule has 2 aromatic carbocycles. The lowest BCUT2D eigenvalue weighted by Gasteiger charge is -2.12. The van der Waals surface area contributed by atoms with Gasteiger partial charge in [0.25, 0.3) is 0 Å². The van der Waals surface area contributed by atoms with Crippen LogP contribution in [0.5, 0.6) is 5.75 Å². The van der Waals surface area contributed by atoms with E-state index in [1.807, 2.05) is 38.1 Å². The molecule has 0 saturated heterocycles. The van der Waals surface area contributed by atoms with Crippen LogP contribution in [0.2, 0.25) is 0 Å². The summed E-state index contributed by atoms with van der Waals surface area (Å²) in [4.78, 5) is 0. The third kappa shape index (κ3) is 4.87. The summed E-state index contributed by atoms with van der Waals surface area (Å²) < 4.78 is 19.4. The second kappa shape index (κ2) is 7.23. The maximum atomic E-state index is 13.7. The third-order valence-electron chi connectivity index (χ3n) is 3.44. The van der Waals surface area contributed by atoms with Crippen LogP contribution in [0.15, 0.2) is 42.5 Å². The maximum absolute atomic E-state index is 13.7. The van der Waals surface area contributed by atoms with Crippen LogP contribution in [0, 0.1) is 12.7 Å². The Morgan fingerprint density at radius 1 is 1.14 bits per heavy atom. The highest BCUT2D eigenvalue weighted by Crippen LogP contribution is 2.19. The van der Waals surface area contributed by atoms with E-state index in [4.69, 9.17) is 10.5 Å². The zero-order valence-electron chi connectivity index (χ0n) is 12.6. The van der Waals surface area contributed by atoms with Crippen molar-refractivity contribution in [3.63, 3.8) is 0 Å². The average Bonchev–Trinajstić information content (AvgIpc) is 2.44. The Morgan fingerprint density at radius 2 is 1.95 bits per heavy atom. The first-order valence-electron chi connectivity index (χ1n) is 7.30. The number of ether oxygens (including phenoxy) is 1. The maximum Gasteiger partial charge on any atom is 0.127 e. The molecule has 0 aliphatic rings. The van der Waals surface area contributed by atoms with E-state index in [0.717, 1.165) is 17.5 Å². The van der Waals surface area contributed by atoms with Crippen molar-refractivity contribution >= 4 is 0 Å². The highest BCUT2D eigenvalue weighted by Gasteiger charge is 2.06. The van der Waals surface area contributed by atoms with E-state index < -0.39 is 0 Å². The van der Waals surface area contributed by atoms with E-state index in [9.17, 15) is 4.39 Å². The predicted molar refractivity (Wildman–Crippen MR) is 83.9 cm³/mol. The molecule has 2 nitrogen and oxygen atoms in total. The molecule has 0 bridgehead atoms. The first-order chi connectivity index (χ1) is 10.1. The van der Waals surface area contributed by atoms with Gasteiger partial charge in [-0.2, -0.15) is 0 Å². The van der Waals surface area contributed by atoms with Gasteiger partial charge >= 0.3 is 0 Å². The highest BCUT2D eigenvalue weighted by molar-refractivity contribution is 5.31. The molecule has 3 heteroatoms. The van der Waals surface area contributed by atoms with Crippen LogP contribution in [0.4, 0.5) is 4.39 Å². The van der Waals surface area contributed by atoms with Crippen LogP contribution in [-0.2, 0) is 13.0 Å². The van der Waals surface area contributed by atoms with Crippen molar-refractivity contribution in [2.24, 2.45) is 5.73 Å². The van der Waals surface area contributed by atoms with Crippen LogP contribution < -0.4 is 10.5 Å². The minimum absolute atomic E-state index is 0.0522. The molecule has 0 aliphatic heterocycles. The quantitative estimate of drug-likeness (QED) is 0.871. The lowest BCUT2D eigenvalue weighted by Crippen LogP contribution is -2.21. The minimum Gasteiger partial charge on any atom is -0.489 e. The number of halogens is 1. The second-order valence-electron chi connectivity index (χ2n) is 5.45.